The Morgan fingerprint density at radius 3 is 2.00 bits per heavy atom. The molecule has 0 aliphatic rings. The number of hydrogen-bond acceptors (Lipinski definition) is 7. The van der Waals surface area contributed by atoms with E-state index in [0.717, 1.165) is 9.87 Å². The summed E-state index contributed by atoms with van der Waals surface area (Å²) in [4.78, 5) is 37.1. The molecule has 9 nitrogen and oxygen atoms in total. The molecular formula is C25H23ClN2O7S. The Morgan fingerprint density at radius 1 is 0.889 bits per heavy atom. The van der Waals surface area contributed by atoms with Crippen LogP contribution >= 0.6 is 11.6 Å². The summed E-state index contributed by atoms with van der Waals surface area (Å²) in [7, 11) is -1.81. The third-order valence-electron chi connectivity index (χ3n) is 5.12. The van der Waals surface area contributed by atoms with E-state index in [0.29, 0.717) is 5.02 Å². The number of anilines is 2. The Hall–Kier alpha value is -3.89. The molecule has 0 radical (unpaired) electrons. The topological polar surface area (TPSA) is 119 Å². The predicted octanol–water partition coefficient (Wildman–Crippen LogP) is 4.06. The highest BCUT2D eigenvalue weighted by Crippen LogP contribution is 2.28. The molecule has 0 aromatic heterocycles. The predicted molar refractivity (Wildman–Crippen MR) is 135 cm³/mol. The number of esters is 2. The zero-order chi connectivity index (χ0) is 26.5. The number of nitrogens with one attached hydrogen (secondary N) is 1. The highest BCUT2D eigenvalue weighted by Gasteiger charge is 2.28. The van der Waals surface area contributed by atoms with Gasteiger partial charge < -0.3 is 14.8 Å². The molecule has 3 rings (SSSR count). The van der Waals surface area contributed by atoms with Crippen LogP contribution in [0, 0.1) is 6.92 Å². The molecule has 3 aromatic rings. The van der Waals surface area contributed by atoms with E-state index in [9.17, 15) is 22.8 Å². The van der Waals surface area contributed by atoms with Gasteiger partial charge in [0.1, 0.15) is 6.54 Å². The van der Waals surface area contributed by atoms with Crippen molar-refractivity contribution in [1.29, 1.82) is 0 Å². The van der Waals surface area contributed by atoms with E-state index in [-0.39, 0.29) is 27.4 Å². The van der Waals surface area contributed by atoms with E-state index in [4.69, 9.17) is 21.1 Å². The van der Waals surface area contributed by atoms with Gasteiger partial charge in [0, 0.05) is 10.7 Å². The maximum atomic E-state index is 13.5. The summed E-state index contributed by atoms with van der Waals surface area (Å²) >= 11 is 6.23. The van der Waals surface area contributed by atoms with E-state index >= 15 is 0 Å². The first-order valence-electron chi connectivity index (χ1n) is 10.5. The maximum Gasteiger partial charge on any atom is 0.337 e. The summed E-state index contributed by atoms with van der Waals surface area (Å²) in [6, 6.07) is 16.1. The van der Waals surface area contributed by atoms with Gasteiger partial charge in [0.05, 0.1) is 35.9 Å². The van der Waals surface area contributed by atoms with Gasteiger partial charge in [-0.15, -0.1) is 0 Å². The second-order valence-corrected chi connectivity index (χ2v) is 9.86. The molecule has 0 heterocycles. The molecule has 1 amide bonds. The number of ether oxygens (including phenoxy) is 2. The lowest BCUT2D eigenvalue weighted by Crippen LogP contribution is -2.38. The van der Waals surface area contributed by atoms with E-state index in [1.807, 2.05) is 0 Å². The van der Waals surface area contributed by atoms with Crippen LogP contribution in [0.15, 0.2) is 71.6 Å². The highest BCUT2D eigenvalue weighted by atomic mass is 35.5. The number of hydrogen-bond donors (Lipinski definition) is 1. The Labute approximate surface area is 213 Å². The average Bonchev–Trinajstić information content (AvgIpc) is 2.88. The van der Waals surface area contributed by atoms with Gasteiger partial charge in [-0.2, -0.15) is 0 Å². The van der Waals surface area contributed by atoms with Crippen molar-refractivity contribution in [2.45, 2.75) is 11.8 Å². The number of benzene rings is 3. The van der Waals surface area contributed by atoms with Crippen molar-refractivity contribution in [2.75, 3.05) is 30.4 Å². The molecule has 188 valence electrons. The molecule has 1 N–H and O–H groups in total. The summed E-state index contributed by atoms with van der Waals surface area (Å²) in [5.41, 5.74) is 0.979. The number of methoxy groups -OCH3 is 2. The first-order chi connectivity index (χ1) is 17.1. The lowest BCUT2D eigenvalue weighted by molar-refractivity contribution is -0.114. The standard InChI is InChI=1S/C25H23ClN2O7S/c1-16-9-10-20(14-22(16)26)28(36(32,33)21-7-5-4-6-8-21)15-23(29)27-19-12-17(24(30)34-2)11-18(13-19)25(31)35-3/h4-14H,15H2,1-3H3,(H,27,29). The molecule has 36 heavy (non-hydrogen) atoms. The van der Waals surface area contributed by atoms with Crippen LogP contribution in [0.3, 0.4) is 0 Å². The van der Waals surface area contributed by atoms with Crippen molar-refractivity contribution < 1.29 is 32.3 Å². The number of carbonyl (C=O) groups excluding carboxylic acids is 3. The van der Waals surface area contributed by atoms with Gasteiger partial charge in [-0.3, -0.25) is 9.10 Å². The van der Waals surface area contributed by atoms with Gasteiger partial charge in [0.15, 0.2) is 0 Å². The van der Waals surface area contributed by atoms with Gasteiger partial charge in [0.2, 0.25) is 5.91 Å². The van der Waals surface area contributed by atoms with Gasteiger partial charge in [-0.1, -0.05) is 35.9 Å². The van der Waals surface area contributed by atoms with Crippen LogP contribution in [0.25, 0.3) is 0 Å². The second-order valence-electron chi connectivity index (χ2n) is 7.59. The molecule has 0 fully saturated rings. The fourth-order valence-corrected chi connectivity index (χ4v) is 4.88. The number of rotatable bonds is 8. The molecule has 0 atom stereocenters. The average molecular weight is 531 g/mol. The van der Waals surface area contributed by atoms with Crippen LogP contribution in [-0.2, 0) is 24.3 Å². The normalized spacial score (nSPS) is 10.9. The second kappa shape index (κ2) is 11.2. The van der Waals surface area contributed by atoms with E-state index in [1.165, 1.54) is 50.6 Å². The number of aryl methyl sites for hydroxylation is 1. The lowest BCUT2D eigenvalue weighted by atomic mass is 10.1. The number of nitrogens with zero attached hydrogens (tertiary/aromatic N) is 1. The van der Waals surface area contributed by atoms with Crippen LogP contribution in [0.5, 0.6) is 0 Å². The van der Waals surface area contributed by atoms with Gasteiger partial charge in [-0.25, -0.2) is 18.0 Å². The molecule has 0 aliphatic carbocycles. The quantitative estimate of drug-likeness (QED) is 0.436. The van der Waals surface area contributed by atoms with Crippen molar-refractivity contribution in [1.82, 2.24) is 0 Å². The summed E-state index contributed by atoms with van der Waals surface area (Å²) in [5, 5.41) is 2.87. The Morgan fingerprint density at radius 2 is 1.47 bits per heavy atom. The van der Waals surface area contributed by atoms with E-state index in [2.05, 4.69) is 5.32 Å². The van der Waals surface area contributed by atoms with Gasteiger partial charge in [-0.05, 0) is 55.0 Å². The lowest BCUT2D eigenvalue weighted by Gasteiger charge is -2.24. The van der Waals surface area contributed by atoms with Crippen molar-refractivity contribution >= 4 is 50.8 Å². The molecule has 0 bridgehead atoms. The molecule has 0 unspecified atom stereocenters. The number of amides is 1. The fourth-order valence-electron chi connectivity index (χ4n) is 3.27. The fraction of sp³-hybridized carbons (Fsp3) is 0.160. The Bertz CT molecular complexity index is 1370. The molecule has 3 aromatic carbocycles. The third kappa shape index (κ3) is 6.02. The summed E-state index contributed by atoms with van der Waals surface area (Å²) in [6.45, 7) is 1.15. The molecule has 0 saturated heterocycles. The largest absolute Gasteiger partial charge is 0.465 e. The minimum atomic E-state index is -4.16. The van der Waals surface area contributed by atoms with Crippen LogP contribution in [-0.4, -0.2) is 47.0 Å². The molecule has 0 saturated carbocycles. The van der Waals surface area contributed by atoms with Crippen LogP contribution in [0.2, 0.25) is 5.02 Å². The smallest absolute Gasteiger partial charge is 0.337 e. The monoisotopic (exact) mass is 530 g/mol. The molecule has 0 spiro atoms. The van der Waals surface area contributed by atoms with Crippen molar-refractivity contribution in [3.63, 3.8) is 0 Å². The number of halogens is 1. The van der Waals surface area contributed by atoms with Crippen molar-refractivity contribution in [3.05, 3.63) is 88.4 Å². The van der Waals surface area contributed by atoms with E-state index in [1.54, 1.807) is 37.3 Å². The van der Waals surface area contributed by atoms with Crippen LogP contribution < -0.4 is 9.62 Å². The zero-order valence-corrected chi connectivity index (χ0v) is 21.2. The molecular weight excluding hydrogens is 508 g/mol. The number of carbonyl (C=O) groups is 3. The van der Waals surface area contributed by atoms with Crippen molar-refractivity contribution in [2.24, 2.45) is 0 Å². The number of sulfonamides is 1. The molecule has 0 aliphatic heterocycles. The third-order valence-corrected chi connectivity index (χ3v) is 7.32. The summed E-state index contributed by atoms with van der Waals surface area (Å²) < 4.78 is 37.2. The van der Waals surface area contributed by atoms with Gasteiger partial charge >= 0.3 is 11.9 Å². The first-order valence-corrected chi connectivity index (χ1v) is 12.3. The van der Waals surface area contributed by atoms with E-state index < -0.39 is 34.4 Å². The first kappa shape index (κ1) is 26.7. The minimum absolute atomic E-state index is 0.00483. The summed E-state index contributed by atoms with van der Waals surface area (Å²) in [6.07, 6.45) is 0. The zero-order valence-electron chi connectivity index (χ0n) is 19.6. The minimum Gasteiger partial charge on any atom is -0.465 e. The molecule has 11 heteroatoms. The highest BCUT2D eigenvalue weighted by molar-refractivity contribution is 7.92. The Balaban J connectivity index is 1.99. The summed E-state index contributed by atoms with van der Waals surface area (Å²) in [5.74, 6) is -2.21. The SMILES string of the molecule is COC(=O)c1cc(NC(=O)CN(c2ccc(C)c(Cl)c2)S(=O)(=O)c2ccccc2)cc(C(=O)OC)c1. The Kier molecular flexibility index (Phi) is 8.33. The van der Waals surface area contributed by atoms with Crippen LogP contribution in [0.4, 0.5) is 11.4 Å². The van der Waals surface area contributed by atoms with Crippen LogP contribution in [0.1, 0.15) is 26.3 Å². The van der Waals surface area contributed by atoms with Crippen molar-refractivity contribution in [3.8, 4) is 0 Å². The van der Waals surface area contributed by atoms with Gasteiger partial charge in [0.25, 0.3) is 10.0 Å². The maximum absolute atomic E-state index is 13.5.